The Labute approximate surface area is 240 Å². The van der Waals surface area contributed by atoms with Crippen LogP contribution in [-0.4, -0.2) is 85.6 Å². The maximum absolute atomic E-state index is 13.5. The number of nitrogens with one attached hydrogen (secondary N) is 2. The Morgan fingerprint density at radius 1 is 0.949 bits per heavy atom. The summed E-state index contributed by atoms with van der Waals surface area (Å²) < 4.78 is 7.11. The van der Waals surface area contributed by atoms with Gasteiger partial charge >= 0.3 is 0 Å². The molecule has 0 radical (unpaired) electrons. The average molecular weight is 575 g/mol. The molecule has 0 aliphatic carbocycles. The Morgan fingerprint density at radius 2 is 1.59 bits per heavy atom. The lowest BCUT2D eigenvalue weighted by atomic mass is 10.1. The van der Waals surface area contributed by atoms with Gasteiger partial charge in [-0.05, 0) is 92.7 Å². The zero-order chi connectivity index (χ0) is 27.8. The number of fused-ring (bicyclic) bond motifs is 1. The van der Waals surface area contributed by atoms with Crippen LogP contribution in [0.4, 0.5) is 0 Å². The molecule has 2 N–H and O–H groups in total. The van der Waals surface area contributed by atoms with E-state index in [1.165, 1.54) is 0 Å². The lowest BCUT2D eigenvalue weighted by Crippen LogP contribution is -2.47. The summed E-state index contributed by atoms with van der Waals surface area (Å²) in [5.41, 5.74) is 2.84. The zero-order valence-corrected chi connectivity index (χ0v) is 24.2. The lowest BCUT2D eigenvalue weighted by molar-refractivity contribution is -0.120. The van der Waals surface area contributed by atoms with E-state index in [0.717, 1.165) is 80.8 Å². The van der Waals surface area contributed by atoms with Gasteiger partial charge in [-0.15, -0.1) is 0 Å². The Balaban J connectivity index is 1.36. The van der Waals surface area contributed by atoms with Crippen LogP contribution in [0.25, 0.3) is 10.9 Å². The summed E-state index contributed by atoms with van der Waals surface area (Å²) in [4.78, 5) is 34.1. The summed E-state index contributed by atoms with van der Waals surface area (Å²) in [6, 6.07) is 12.4. The van der Waals surface area contributed by atoms with Crippen molar-refractivity contribution in [1.82, 2.24) is 24.5 Å². The molecular formula is C29H37Cl2N5O3. The van der Waals surface area contributed by atoms with Gasteiger partial charge in [-0.25, -0.2) is 4.84 Å². The number of piperazine rings is 1. The Kier molecular flexibility index (Phi) is 10.6. The van der Waals surface area contributed by atoms with E-state index in [9.17, 15) is 9.59 Å². The van der Waals surface area contributed by atoms with Gasteiger partial charge in [0.05, 0.1) is 19.0 Å². The van der Waals surface area contributed by atoms with Gasteiger partial charge in [-0.3, -0.25) is 14.2 Å². The predicted octanol–water partition coefficient (Wildman–Crippen LogP) is 4.10. The number of hydrogen-bond donors (Lipinski definition) is 2. The molecule has 0 unspecified atom stereocenters. The van der Waals surface area contributed by atoms with Crippen molar-refractivity contribution in [3.63, 3.8) is 0 Å². The molecule has 3 aromatic rings. The number of methoxy groups -OCH3 is 1. The molecule has 1 fully saturated rings. The van der Waals surface area contributed by atoms with Crippen LogP contribution in [-0.2, 0) is 11.2 Å². The molecular weight excluding hydrogens is 537 g/mol. The van der Waals surface area contributed by atoms with Gasteiger partial charge in [0.15, 0.2) is 0 Å². The van der Waals surface area contributed by atoms with Gasteiger partial charge < -0.3 is 19.9 Å². The van der Waals surface area contributed by atoms with Crippen molar-refractivity contribution >= 4 is 46.1 Å². The topological polar surface area (TPSA) is 78.8 Å². The first kappa shape index (κ1) is 29.4. The van der Waals surface area contributed by atoms with Gasteiger partial charge in [0, 0.05) is 60.9 Å². The smallest absolute Gasteiger partial charge is 0.262 e. The fourth-order valence-electron chi connectivity index (χ4n) is 5.16. The molecule has 210 valence electrons. The number of aromatic nitrogens is 1. The molecule has 0 saturated carbocycles. The number of rotatable bonds is 12. The molecule has 1 aliphatic heterocycles. The summed E-state index contributed by atoms with van der Waals surface area (Å²) in [6.45, 7) is 9.58. The highest BCUT2D eigenvalue weighted by molar-refractivity contribution is 6.30. The van der Waals surface area contributed by atoms with Gasteiger partial charge in [-0.2, -0.15) is 0 Å². The Morgan fingerprint density at radius 3 is 2.21 bits per heavy atom. The minimum atomic E-state index is -0.165. The number of carbonyl (C=O) groups excluding carboxylic acids is 2. The van der Waals surface area contributed by atoms with Crippen LogP contribution < -0.4 is 14.9 Å². The summed E-state index contributed by atoms with van der Waals surface area (Å²) in [7, 11) is 1.61. The minimum absolute atomic E-state index is 0.0587. The second kappa shape index (κ2) is 14.1. The van der Waals surface area contributed by atoms with Crippen molar-refractivity contribution in [1.29, 1.82) is 0 Å². The van der Waals surface area contributed by atoms with Crippen molar-refractivity contribution in [3.8, 4) is 5.75 Å². The molecule has 2 aromatic carbocycles. The monoisotopic (exact) mass is 573 g/mol. The maximum Gasteiger partial charge on any atom is 0.262 e. The van der Waals surface area contributed by atoms with Crippen molar-refractivity contribution in [2.24, 2.45) is 0 Å². The third-order valence-corrected chi connectivity index (χ3v) is 7.80. The highest BCUT2D eigenvalue weighted by atomic mass is 35.5. The first-order valence-electron chi connectivity index (χ1n) is 13.4. The van der Waals surface area contributed by atoms with E-state index < -0.39 is 0 Å². The van der Waals surface area contributed by atoms with Gasteiger partial charge in [-0.1, -0.05) is 11.6 Å². The fourth-order valence-corrected chi connectivity index (χ4v) is 5.41. The molecule has 1 amide bonds. The summed E-state index contributed by atoms with van der Waals surface area (Å²) >= 11 is 11.6. The van der Waals surface area contributed by atoms with Crippen LogP contribution in [0.5, 0.6) is 5.75 Å². The first-order valence-corrected chi connectivity index (χ1v) is 14.2. The molecule has 10 heteroatoms. The van der Waals surface area contributed by atoms with Crippen molar-refractivity contribution in [2.45, 2.75) is 26.2 Å². The fraction of sp³-hybridized carbons (Fsp3) is 0.448. The number of benzene rings is 2. The predicted molar refractivity (Wildman–Crippen MR) is 157 cm³/mol. The van der Waals surface area contributed by atoms with Crippen LogP contribution in [0.3, 0.4) is 0 Å². The largest absolute Gasteiger partial charge is 0.497 e. The Bertz CT molecular complexity index is 1270. The minimum Gasteiger partial charge on any atom is -0.497 e. The molecule has 1 aromatic heterocycles. The molecule has 0 bridgehead atoms. The van der Waals surface area contributed by atoms with Crippen molar-refractivity contribution in [3.05, 3.63) is 64.3 Å². The number of nitrogens with zero attached hydrogens (tertiary/aromatic N) is 3. The number of carbonyl (C=O) groups is 2. The maximum atomic E-state index is 13.5. The molecule has 39 heavy (non-hydrogen) atoms. The van der Waals surface area contributed by atoms with Crippen LogP contribution >= 0.6 is 23.4 Å². The van der Waals surface area contributed by atoms with E-state index >= 15 is 0 Å². The molecule has 0 atom stereocenters. The van der Waals surface area contributed by atoms with Crippen LogP contribution in [0.2, 0.25) is 5.02 Å². The lowest BCUT2D eigenvalue weighted by Gasteiger charge is -2.34. The Hall–Kier alpha value is -2.62. The van der Waals surface area contributed by atoms with Crippen molar-refractivity contribution < 1.29 is 14.3 Å². The van der Waals surface area contributed by atoms with Crippen LogP contribution in [0, 0.1) is 6.92 Å². The second-order valence-electron chi connectivity index (χ2n) is 9.90. The SMILES string of the molecule is COc1ccc2c(c1)c(CC(=O)NCCCN1CCN(CCCNCl)CC1)c(C)n2C(=O)c1ccc(Cl)cc1. The normalized spacial score (nSPS) is 14.6. The average Bonchev–Trinajstić information content (AvgIpc) is 3.22. The van der Waals surface area contributed by atoms with Crippen LogP contribution in [0.15, 0.2) is 42.5 Å². The van der Waals surface area contributed by atoms with E-state index in [4.69, 9.17) is 28.1 Å². The quantitative estimate of drug-likeness (QED) is 0.251. The highest BCUT2D eigenvalue weighted by Crippen LogP contribution is 2.31. The molecule has 0 spiro atoms. The summed E-state index contributed by atoms with van der Waals surface area (Å²) in [6.07, 6.45) is 2.13. The van der Waals surface area contributed by atoms with E-state index in [0.29, 0.717) is 22.9 Å². The van der Waals surface area contributed by atoms with E-state index in [2.05, 4.69) is 20.0 Å². The first-order chi connectivity index (χ1) is 18.9. The van der Waals surface area contributed by atoms with Crippen molar-refractivity contribution in [2.75, 3.05) is 59.5 Å². The number of halogens is 2. The third kappa shape index (κ3) is 7.52. The number of amides is 1. The van der Waals surface area contributed by atoms with Gasteiger partial charge in [0.1, 0.15) is 5.75 Å². The summed E-state index contributed by atoms with van der Waals surface area (Å²) in [5, 5.41) is 4.48. The van der Waals surface area contributed by atoms with Gasteiger partial charge in [0.25, 0.3) is 5.91 Å². The third-order valence-electron chi connectivity index (χ3n) is 7.36. The molecule has 1 aliphatic rings. The number of ether oxygens (including phenoxy) is 1. The molecule has 1 saturated heterocycles. The van der Waals surface area contributed by atoms with Crippen LogP contribution in [0.1, 0.15) is 34.5 Å². The highest BCUT2D eigenvalue weighted by Gasteiger charge is 2.22. The van der Waals surface area contributed by atoms with E-state index in [1.807, 2.05) is 25.1 Å². The molecule has 8 nitrogen and oxygen atoms in total. The summed E-state index contributed by atoms with van der Waals surface area (Å²) in [5.74, 6) is 0.453. The zero-order valence-electron chi connectivity index (χ0n) is 22.6. The second-order valence-corrected chi connectivity index (χ2v) is 10.6. The molecule has 4 rings (SSSR count). The van der Waals surface area contributed by atoms with E-state index in [1.54, 1.807) is 35.9 Å². The van der Waals surface area contributed by atoms with E-state index in [-0.39, 0.29) is 18.2 Å². The standard InChI is InChI=1S/C29H37Cl2N5O3/c1-21-25(20-28(37)32-11-3-13-34-15-17-35(18-16-34)14-4-12-33-31)26-19-24(39-2)9-10-27(26)36(21)29(38)22-5-7-23(30)8-6-22/h5-10,19,33H,3-4,11-18,20H2,1-2H3,(H,32,37). The van der Waals surface area contributed by atoms with Gasteiger partial charge in [0.2, 0.25) is 5.91 Å². The number of hydrogen-bond acceptors (Lipinski definition) is 6. The molecule has 2 heterocycles.